The molecule has 0 bridgehead atoms. The van der Waals surface area contributed by atoms with Crippen LogP contribution in [0.25, 0.3) is 0 Å². The standard InChI is InChI=1S/C11H14IN3O3/c1-11(2,10(13)15-18)14-9(17)7-5-6(12)3-4-8(7)16/h3-5,16,18H,1-2H3,(H2,13,15)(H,14,17). The van der Waals surface area contributed by atoms with Crippen molar-refractivity contribution in [2.45, 2.75) is 19.4 Å². The van der Waals surface area contributed by atoms with Crippen molar-refractivity contribution >= 4 is 34.3 Å². The van der Waals surface area contributed by atoms with Gasteiger partial charge in [0.15, 0.2) is 5.84 Å². The number of aromatic hydroxyl groups is 1. The molecule has 0 heterocycles. The topological polar surface area (TPSA) is 108 Å². The van der Waals surface area contributed by atoms with Crippen LogP contribution >= 0.6 is 22.6 Å². The Kier molecular flexibility index (Phi) is 4.38. The maximum absolute atomic E-state index is 12.0. The number of amides is 1. The fraction of sp³-hybridized carbons (Fsp3) is 0.273. The molecule has 0 spiro atoms. The van der Waals surface area contributed by atoms with Gasteiger partial charge in [-0.1, -0.05) is 5.16 Å². The number of phenolic OH excluding ortho intramolecular Hbond substituents is 1. The predicted octanol–water partition coefficient (Wildman–Crippen LogP) is 1.25. The molecule has 5 N–H and O–H groups in total. The highest BCUT2D eigenvalue weighted by molar-refractivity contribution is 14.1. The second kappa shape index (κ2) is 5.42. The zero-order valence-electron chi connectivity index (χ0n) is 9.94. The third kappa shape index (κ3) is 3.25. The quantitative estimate of drug-likeness (QED) is 0.213. The van der Waals surface area contributed by atoms with Gasteiger partial charge in [0.2, 0.25) is 0 Å². The third-order valence-electron chi connectivity index (χ3n) is 2.38. The number of rotatable bonds is 3. The Hall–Kier alpha value is -1.51. The Morgan fingerprint density at radius 1 is 1.50 bits per heavy atom. The molecular weight excluding hydrogens is 349 g/mol. The van der Waals surface area contributed by atoms with Crippen molar-refractivity contribution in [2.24, 2.45) is 10.9 Å². The number of amidine groups is 1. The summed E-state index contributed by atoms with van der Waals surface area (Å²) in [6.07, 6.45) is 0. The van der Waals surface area contributed by atoms with Crippen molar-refractivity contribution in [2.75, 3.05) is 0 Å². The SMILES string of the molecule is CC(C)(NC(=O)c1cc(I)ccc1O)/C(N)=N/O. The van der Waals surface area contributed by atoms with Gasteiger partial charge in [0, 0.05) is 3.57 Å². The summed E-state index contributed by atoms with van der Waals surface area (Å²) in [5, 5.41) is 23.7. The first kappa shape index (κ1) is 14.6. The minimum Gasteiger partial charge on any atom is -0.507 e. The van der Waals surface area contributed by atoms with E-state index in [1.165, 1.54) is 6.07 Å². The van der Waals surface area contributed by atoms with Gasteiger partial charge in [0.1, 0.15) is 5.75 Å². The van der Waals surface area contributed by atoms with Crippen LogP contribution in [0.5, 0.6) is 5.75 Å². The highest BCUT2D eigenvalue weighted by Crippen LogP contribution is 2.20. The monoisotopic (exact) mass is 363 g/mol. The number of nitrogens with zero attached hydrogens (tertiary/aromatic N) is 1. The zero-order chi connectivity index (χ0) is 13.9. The highest BCUT2D eigenvalue weighted by Gasteiger charge is 2.27. The van der Waals surface area contributed by atoms with Crippen LogP contribution in [0.15, 0.2) is 23.4 Å². The number of nitrogens with two attached hydrogens (primary N) is 1. The molecule has 0 saturated carbocycles. The Bertz CT molecular complexity index is 500. The number of carbonyl (C=O) groups is 1. The van der Waals surface area contributed by atoms with Crippen LogP contribution in [0.1, 0.15) is 24.2 Å². The number of benzene rings is 1. The molecule has 1 rings (SSSR count). The summed E-state index contributed by atoms with van der Waals surface area (Å²) in [6, 6.07) is 4.67. The maximum Gasteiger partial charge on any atom is 0.255 e. The largest absolute Gasteiger partial charge is 0.507 e. The Morgan fingerprint density at radius 3 is 2.67 bits per heavy atom. The summed E-state index contributed by atoms with van der Waals surface area (Å²) >= 11 is 2.03. The molecule has 98 valence electrons. The zero-order valence-corrected chi connectivity index (χ0v) is 12.1. The van der Waals surface area contributed by atoms with E-state index in [-0.39, 0.29) is 17.1 Å². The molecule has 0 aliphatic heterocycles. The molecule has 0 aliphatic carbocycles. The van der Waals surface area contributed by atoms with Crippen molar-refractivity contribution in [3.05, 3.63) is 27.3 Å². The smallest absolute Gasteiger partial charge is 0.255 e. The first-order chi connectivity index (χ1) is 8.27. The van der Waals surface area contributed by atoms with E-state index in [4.69, 9.17) is 10.9 Å². The van der Waals surface area contributed by atoms with Crippen LogP contribution in [0, 0.1) is 3.57 Å². The van der Waals surface area contributed by atoms with Gasteiger partial charge >= 0.3 is 0 Å². The average Bonchev–Trinajstić information content (AvgIpc) is 2.30. The molecule has 0 unspecified atom stereocenters. The number of halogens is 1. The van der Waals surface area contributed by atoms with Gasteiger partial charge in [-0.15, -0.1) is 0 Å². The van der Waals surface area contributed by atoms with Gasteiger partial charge in [-0.2, -0.15) is 0 Å². The summed E-state index contributed by atoms with van der Waals surface area (Å²) in [5.41, 5.74) is 4.59. The Balaban J connectivity index is 2.99. The molecule has 7 heteroatoms. The lowest BCUT2D eigenvalue weighted by molar-refractivity contribution is 0.0928. The van der Waals surface area contributed by atoms with Gasteiger partial charge in [-0.25, -0.2) is 0 Å². The number of phenols is 1. The molecule has 1 aromatic carbocycles. The van der Waals surface area contributed by atoms with E-state index in [0.29, 0.717) is 0 Å². The first-order valence-corrected chi connectivity index (χ1v) is 6.15. The number of hydrogen-bond donors (Lipinski definition) is 4. The van der Waals surface area contributed by atoms with Crippen molar-refractivity contribution in [3.8, 4) is 5.75 Å². The molecule has 1 aromatic rings. The summed E-state index contributed by atoms with van der Waals surface area (Å²) < 4.78 is 0.817. The van der Waals surface area contributed by atoms with E-state index in [0.717, 1.165) is 3.57 Å². The predicted molar refractivity (Wildman–Crippen MR) is 75.8 cm³/mol. The minimum atomic E-state index is -1.01. The van der Waals surface area contributed by atoms with Gasteiger partial charge in [-0.05, 0) is 54.6 Å². The molecule has 0 aliphatic rings. The van der Waals surface area contributed by atoms with E-state index in [9.17, 15) is 9.90 Å². The molecule has 0 fully saturated rings. The van der Waals surface area contributed by atoms with Gasteiger partial charge in [0.25, 0.3) is 5.91 Å². The van der Waals surface area contributed by atoms with Crippen molar-refractivity contribution in [3.63, 3.8) is 0 Å². The molecular formula is C11H14IN3O3. The number of oxime groups is 1. The van der Waals surface area contributed by atoms with E-state index >= 15 is 0 Å². The van der Waals surface area contributed by atoms with Crippen LogP contribution < -0.4 is 11.1 Å². The lowest BCUT2D eigenvalue weighted by Crippen LogP contribution is -2.53. The fourth-order valence-electron chi connectivity index (χ4n) is 1.23. The normalized spacial score (nSPS) is 12.3. The van der Waals surface area contributed by atoms with Crippen molar-refractivity contribution < 1.29 is 15.1 Å². The summed E-state index contributed by atoms with van der Waals surface area (Å²) in [4.78, 5) is 12.0. The van der Waals surface area contributed by atoms with Gasteiger partial charge in [-0.3, -0.25) is 4.79 Å². The average molecular weight is 363 g/mol. The molecule has 0 aromatic heterocycles. The van der Waals surface area contributed by atoms with E-state index in [2.05, 4.69) is 10.5 Å². The summed E-state index contributed by atoms with van der Waals surface area (Å²) in [5.74, 6) is -0.744. The molecule has 6 nitrogen and oxygen atoms in total. The van der Waals surface area contributed by atoms with Crippen LogP contribution in [-0.2, 0) is 0 Å². The Labute approximate surface area is 118 Å². The molecule has 0 saturated heterocycles. The van der Waals surface area contributed by atoms with Crippen LogP contribution in [-0.4, -0.2) is 27.6 Å². The Morgan fingerprint density at radius 2 is 2.11 bits per heavy atom. The molecule has 18 heavy (non-hydrogen) atoms. The van der Waals surface area contributed by atoms with Crippen LogP contribution in [0.2, 0.25) is 0 Å². The third-order valence-corrected chi connectivity index (χ3v) is 3.05. The second-order valence-corrected chi connectivity index (χ2v) is 5.47. The second-order valence-electron chi connectivity index (χ2n) is 4.23. The van der Waals surface area contributed by atoms with Crippen molar-refractivity contribution in [1.29, 1.82) is 0 Å². The van der Waals surface area contributed by atoms with E-state index in [1.54, 1.807) is 26.0 Å². The van der Waals surface area contributed by atoms with Crippen molar-refractivity contribution in [1.82, 2.24) is 5.32 Å². The van der Waals surface area contributed by atoms with Crippen LogP contribution in [0.4, 0.5) is 0 Å². The van der Waals surface area contributed by atoms with Crippen LogP contribution in [0.3, 0.4) is 0 Å². The number of hydrogen-bond acceptors (Lipinski definition) is 4. The first-order valence-electron chi connectivity index (χ1n) is 5.07. The van der Waals surface area contributed by atoms with Gasteiger partial charge < -0.3 is 21.4 Å². The molecule has 0 atom stereocenters. The van der Waals surface area contributed by atoms with E-state index < -0.39 is 11.4 Å². The maximum atomic E-state index is 12.0. The summed E-state index contributed by atoms with van der Waals surface area (Å²) in [7, 11) is 0. The van der Waals surface area contributed by atoms with Gasteiger partial charge in [0.05, 0.1) is 11.1 Å². The highest BCUT2D eigenvalue weighted by atomic mass is 127. The number of carbonyl (C=O) groups excluding carboxylic acids is 1. The minimum absolute atomic E-state index is 0.122. The lowest BCUT2D eigenvalue weighted by atomic mass is 10.0. The molecule has 1 amide bonds. The van der Waals surface area contributed by atoms with E-state index in [1.807, 2.05) is 22.6 Å². The fourth-order valence-corrected chi connectivity index (χ4v) is 1.72. The molecule has 0 radical (unpaired) electrons. The lowest BCUT2D eigenvalue weighted by Gasteiger charge is -2.24. The number of nitrogens with one attached hydrogen (secondary N) is 1. The summed E-state index contributed by atoms with van der Waals surface area (Å²) in [6.45, 7) is 3.18.